The van der Waals surface area contributed by atoms with E-state index < -0.39 is 5.97 Å². The molecule has 1 fully saturated rings. The molecule has 2 rings (SSSR count). The van der Waals surface area contributed by atoms with Crippen LogP contribution in [0.4, 0.5) is 0 Å². The van der Waals surface area contributed by atoms with Crippen LogP contribution in [0.3, 0.4) is 0 Å². The van der Waals surface area contributed by atoms with Gasteiger partial charge in [0.15, 0.2) is 0 Å². The molecule has 2 atom stereocenters. The molecule has 0 heterocycles. The highest BCUT2D eigenvalue weighted by Crippen LogP contribution is 2.24. The van der Waals surface area contributed by atoms with Crippen molar-refractivity contribution in [2.24, 2.45) is 5.92 Å². The van der Waals surface area contributed by atoms with Gasteiger partial charge in [-0.15, -0.1) is 0 Å². The van der Waals surface area contributed by atoms with Crippen molar-refractivity contribution < 1.29 is 9.90 Å². The van der Waals surface area contributed by atoms with Crippen LogP contribution in [0.15, 0.2) is 24.3 Å². The Labute approximate surface area is 121 Å². The molecule has 1 aromatic carbocycles. The van der Waals surface area contributed by atoms with Gasteiger partial charge in [0.05, 0.1) is 5.92 Å². The van der Waals surface area contributed by atoms with Crippen LogP contribution in [0.5, 0.6) is 0 Å². The van der Waals surface area contributed by atoms with E-state index in [2.05, 4.69) is 52.2 Å². The normalized spacial score (nSPS) is 23.8. The van der Waals surface area contributed by atoms with Gasteiger partial charge in [-0.05, 0) is 59.5 Å². The molecule has 0 spiro atoms. The van der Waals surface area contributed by atoms with E-state index in [0.29, 0.717) is 6.04 Å². The Balaban J connectivity index is 1.82. The van der Waals surface area contributed by atoms with Gasteiger partial charge >= 0.3 is 5.97 Å². The van der Waals surface area contributed by atoms with Gasteiger partial charge in [0.2, 0.25) is 0 Å². The van der Waals surface area contributed by atoms with Crippen LogP contribution in [0.1, 0.15) is 31.2 Å². The molecule has 1 aliphatic carbocycles. The molecule has 0 saturated heterocycles. The molecule has 0 aliphatic heterocycles. The first kappa shape index (κ1) is 13.8. The second-order valence-corrected chi connectivity index (χ2v) is 6.15. The lowest BCUT2D eigenvalue weighted by molar-refractivity contribution is -0.143. The second kappa shape index (κ2) is 6.52. The molecule has 0 aromatic heterocycles. The van der Waals surface area contributed by atoms with E-state index in [1.54, 1.807) is 0 Å². The fourth-order valence-corrected chi connectivity index (χ4v) is 2.82. The number of hydrogen-bond donors (Lipinski definition) is 2. The molecule has 0 radical (unpaired) electrons. The quantitative estimate of drug-likeness (QED) is 0.813. The zero-order valence-electron chi connectivity index (χ0n) is 10.2. The molecule has 4 heteroatoms. The summed E-state index contributed by atoms with van der Waals surface area (Å²) in [5.74, 6) is -0.802. The Morgan fingerprint density at radius 2 is 2.06 bits per heavy atom. The molecule has 3 nitrogen and oxygen atoms in total. The van der Waals surface area contributed by atoms with Crippen molar-refractivity contribution >= 4 is 28.6 Å². The van der Waals surface area contributed by atoms with E-state index in [1.807, 2.05) is 0 Å². The maximum atomic E-state index is 11.0. The first-order valence-electron chi connectivity index (χ1n) is 6.36. The summed E-state index contributed by atoms with van der Waals surface area (Å²) in [6.07, 6.45) is 3.70. The molecule has 18 heavy (non-hydrogen) atoms. The number of benzene rings is 1. The van der Waals surface area contributed by atoms with Gasteiger partial charge in [0.25, 0.3) is 0 Å². The van der Waals surface area contributed by atoms with Crippen molar-refractivity contribution in [2.75, 3.05) is 0 Å². The van der Waals surface area contributed by atoms with Gasteiger partial charge < -0.3 is 10.4 Å². The minimum Gasteiger partial charge on any atom is -0.481 e. The Hall–Kier alpha value is -0.620. The summed E-state index contributed by atoms with van der Waals surface area (Å²) in [4.78, 5) is 11.0. The summed E-state index contributed by atoms with van der Waals surface area (Å²) in [5, 5.41) is 12.5. The average Bonchev–Trinajstić information content (AvgIpc) is 2.38. The number of rotatable bonds is 4. The number of nitrogens with one attached hydrogen (secondary N) is 1. The molecular formula is C14H18INO2. The minimum absolute atomic E-state index is 0.159. The van der Waals surface area contributed by atoms with E-state index in [0.717, 1.165) is 32.2 Å². The van der Waals surface area contributed by atoms with Gasteiger partial charge in [-0.1, -0.05) is 18.6 Å². The number of hydrogen-bond acceptors (Lipinski definition) is 2. The number of halogens is 1. The average molecular weight is 359 g/mol. The van der Waals surface area contributed by atoms with Crippen LogP contribution in [0.2, 0.25) is 0 Å². The third-order valence-electron chi connectivity index (χ3n) is 3.53. The van der Waals surface area contributed by atoms with E-state index in [1.165, 1.54) is 9.13 Å². The summed E-state index contributed by atoms with van der Waals surface area (Å²) >= 11 is 2.29. The summed E-state index contributed by atoms with van der Waals surface area (Å²) < 4.78 is 1.24. The predicted octanol–water partition coefficient (Wildman–Crippen LogP) is 3.02. The zero-order chi connectivity index (χ0) is 13.0. The Bertz CT molecular complexity index is 405. The number of carboxylic acid groups (broad SMARTS) is 1. The smallest absolute Gasteiger partial charge is 0.306 e. The number of aliphatic carboxylic acids is 1. The van der Waals surface area contributed by atoms with E-state index >= 15 is 0 Å². The second-order valence-electron chi connectivity index (χ2n) is 4.91. The molecular weight excluding hydrogens is 341 g/mol. The standard InChI is InChI=1S/C14H18INO2/c15-12-6-4-10(5-7-12)9-16-13-3-1-2-11(8-13)14(17)18/h4-7,11,13,16H,1-3,8-9H2,(H,17,18). The Kier molecular flexibility index (Phi) is 5.00. The third kappa shape index (κ3) is 3.95. The Morgan fingerprint density at radius 3 is 2.72 bits per heavy atom. The molecule has 98 valence electrons. The van der Waals surface area contributed by atoms with Gasteiger partial charge in [0, 0.05) is 16.2 Å². The van der Waals surface area contributed by atoms with Crippen molar-refractivity contribution in [3.8, 4) is 0 Å². The van der Waals surface area contributed by atoms with Crippen LogP contribution < -0.4 is 5.32 Å². The summed E-state index contributed by atoms with van der Waals surface area (Å²) in [5.41, 5.74) is 1.26. The summed E-state index contributed by atoms with van der Waals surface area (Å²) in [7, 11) is 0. The highest BCUT2D eigenvalue weighted by Gasteiger charge is 2.26. The van der Waals surface area contributed by atoms with E-state index in [-0.39, 0.29) is 5.92 Å². The van der Waals surface area contributed by atoms with Gasteiger partial charge in [0.1, 0.15) is 0 Å². The van der Waals surface area contributed by atoms with Gasteiger partial charge in [-0.2, -0.15) is 0 Å². The molecule has 2 N–H and O–H groups in total. The lowest BCUT2D eigenvalue weighted by Crippen LogP contribution is -2.36. The molecule has 2 unspecified atom stereocenters. The highest BCUT2D eigenvalue weighted by molar-refractivity contribution is 14.1. The van der Waals surface area contributed by atoms with Gasteiger partial charge in [-0.25, -0.2) is 0 Å². The SMILES string of the molecule is O=C(O)C1CCCC(NCc2ccc(I)cc2)C1. The van der Waals surface area contributed by atoms with Crippen LogP contribution in [0.25, 0.3) is 0 Å². The van der Waals surface area contributed by atoms with E-state index in [9.17, 15) is 4.79 Å². The van der Waals surface area contributed by atoms with Crippen molar-refractivity contribution in [3.05, 3.63) is 33.4 Å². The zero-order valence-corrected chi connectivity index (χ0v) is 12.4. The topological polar surface area (TPSA) is 49.3 Å². The monoisotopic (exact) mass is 359 g/mol. The molecule has 1 aromatic rings. The maximum Gasteiger partial charge on any atom is 0.306 e. The minimum atomic E-state index is -0.643. The molecule has 1 saturated carbocycles. The predicted molar refractivity (Wildman–Crippen MR) is 79.4 cm³/mol. The summed E-state index contributed by atoms with van der Waals surface area (Å²) in [6, 6.07) is 8.77. The number of carboxylic acids is 1. The molecule has 0 amide bonds. The van der Waals surface area contributed by atoms with Crippen LogP contribution >= 0.6 is 22.6 Å². The molecule has 0 bridgehead atoms. The van der Waals surface area contributed by atoms with Crippen molar-refractivity contribution in [2.45, 2.75) is 38.3 Å². The lowest BCUT2D eigenvalue weighted by atomic mass is 9.86. The van der Waals surface area contributed by atoms with Gasteiger partial charge in [-0.3, -0.25) is 4.79 Å². The highest BCUT2D eigenvalue weighted by atomic mass is 127. The molecule has 1 aliphatic rings. The van der Waals surface area contributed by atoms with Crippen LogP contribution in [0, 0.1) is 9.49 Å². The largest absolute Gasteiger partial charge is 0.481 e. The maximum absolute atomic E-state index is 11.0. The number of carbonyl (C=O) groups is 1. The van der Waals surface area contributed by atoms with E-state index in [4.69, 9.17) is 5.11 Å². The Morgan fingerprint density at radius 1 is 1.33 bits per heavy atom. The first-order chi connectivity index (χ1) is 8.65. The fourth-order valence-electron chi connectivity index (χ4n) is 2.46. The van der Waals surface area contributed by atoms with Crippen LogP contribution in [-0.2, 0) is 11.3 Å². The lowest BCUT2D eigenvalue weighted by Gasteiger charge is -2.27. The fraction of sp³-hybridized carbons (Fsp3) is 0.500. The van der Waals surface area contributed by atoms with Crippen molar-refractivity contribution in [1.29, 1.82) is 0 Å². The van der Waals surface area contributed by atoms with Crippen LogP contribution in [-0.4, -0.2) is 17.1 Å². The van der Waals surface area contributed by atoms with Crippen molar-refractivity contribution in [3.63, 3.8) is 0 Å². The summed E-state index contributed by atoms with van der Waals surface area (Å²) in [6.45, 7) is 0.827. The first-order valence-corrected chi connectivity index (χ1v) is 7.43. The van der Waals surface area contributed by atoms with Crippen molar-refractivity contribution in [1.82, 2.24) is 5.32 Å². The third-order valence-corrected chi connectivity index (χ3v) is 4.25.